The lowest BCUT2D eigenvalue weighted by molar-refractivity contribution is 0.471. The molecule has 0 saturated heterocycles. The fourth-order valence-electron chi connectivity index (χ4n) is 1.66. The second kappa shape index (κ2) is 5.64. The van der Waals surface area contributed by atoms with Crippen LogP contribution in [0.2, 0.25) is 5.02 Å². The Balaban J connectivity index is 2.43. The summed E-state index contributed by atoms with van der Waals surface area (Å²) in [6.07, 6.45) is 0. The fraction of sp³-hybridized carbons (Fsp3) is 0.0714. The van der Waals surface area contributed by atoms with Crippen LogP contribution in [0.5, 0.6) is 5.75 Å². The summed E-state index contributed by atoms with van der Waals surface area (Å²) in [7, 11) is -3.95. The van der Waals surface area contributed by atoms with Crippen LogP contribution in [0.4, 0.5) is 5.69 Å². The molecule has 2 aromatic carbocycles. The van der Waals surface area contributed by atoms with E-state index in [9.17, 15) is 13.5 Å². The normalized spacial score (nSPS) is 10.9. The summed E-state index contributed by atoms with van der Waals surface area (Å²) in [5.41, 5.74) is 1.02. The largest absolute Gasteiger partial charge is 0.508 e. The van der Waals surface area contributed by atoms with Crippen molar-refractivity contribution in [1.82, 2.24) is 0 Å². The minimum absolute atomic E-state index is 0.0119. The molecular formula is C14H11ClN2O3S. The summed E-state index contributed by atoms with van der Waals surface area (Å²) in [5, 5.41) is 18.4. The van der Waals surface area contributed by atoms with Gasteiger partial charge in [0.15, 0.2) is 0 Å². The van der Waals surface area contributed by atoms with E-state index >= 15 is 0 Å². The Labute approximate surface area is 127 Å². The molecule has 2 aromatic rings. The number of anilines is 1. The SMILES string of the molecule is Cc1ccc(NS(=O)(=O)c2cc(C#N)ccc2Cl)cc1O. The van der Waals surface area contributed by atoms with Gasteiger partial charge in [-0.25, -0.2) is 8.42 Å². The van der Waals surface area contributed by atoms with Crippen LogP contribution in [0.3, 0.4) is 0 Å². The van der Waals surface area contributed by atoms with E-state index in [0.717, 1.165) is 0 Å². The molecule has 0 unspecified atom stereocenters. The number of sulfonamides is 1. The first-order chi connectivity index (χ1) is 9.83. The molecular weight excluding hydrogens is 312 g/mol. The van der Waals surface area contributed by atoms with Crippen molar-refractivity contribution >= 4 is 27.3 Å². The Morgan fingerprint density at radius 2 is 1.95 bits per heavy atom. The van der Waals surface area contributed by atoms with E-state index in [2.05, 4.69) is 4.72 Å². The summed E-state index contributed by atoms with van der Waals surface area (Å²) in [6, 6.07) is 10.2. The van der Waals surface area contributed by atoms with Crippen LogP contribution in [0.25, 0.3) is 0 Å². The molecule has 0 aliphatic rings. The number of halogens is 1. The van der Waals surface area contributed by atoms with Crippen molar-refractivity contribution in [3.8, 4) is 11.8 Å². The first-order valence-electron chi connectivity index (χ1n) is 5.85. The van der Waals surface area contributed by atoms with Crippen LogP contribution < -0.4 is 4.72 Å². The van der Waals surface area contributed by atoms with E-state index in [1.54, 1.807) is 13.0 Å². The molecule has 0 fully saturated rings. The number of aryl methyl sites for hydroxylation is 1. The molecule has 0 amide bonds. The van der Waals surface area contributed by atoms with Gasteiger partial charge in [0.05, 0.1) is 22.3 Å². The van der Waals surface area contributed by atoms with Crippen molar-refractivity contribution in [2.24, 2.45) is 0 Å². The molecule has 0 atom stereocenters. The smallest absolute Gasteiger partial charge is 0.263 e. The molecule has 5 nitrogen and oxygen atoms in total. The summed E-state index contributed by atoms with van der Waals surface area (Å²) < 4.78 is 26.9. The van der Waals surface area contributed by atoms with Crippen molar-refractivity contribution in [2.75, 3.05) is 4.72 Å². The van der Waals surface area contributed by atoms with Crippen LogP contribution in [-0.4, -0.2) is 13.5 Å². The predicted molar refractivity (Wildman–Crippen MR) is 79.8 cm³/mol. The summed E-state index contributed by atoms with van der Waals surface area (Å²) >= 11 is 5.88. The molecule has 0 heterocycles. The quantitative estimate of drug-likeness (QED) is 0.908. The third-order valence-corrected chi connectivity index (χ3v) is 4.67. The van der Waals surface area contributed by atoms with Gasteiger partial charge in [0.2, 0.25) is 0 Å². The molecule has 0 radical (unpaired) electrons. The second-order valence-corrected chi connectivity index (χ2v) is 6.42. The fourth-order valence-corrected chi connectivity index (χ4v) is 3.24. The Kier molecular flexibility index (Phi) is 4.07. The van der Waals surface area contributed by atoms with Gasteiger partial charge < -0.3 is 5.11 Å². The Hall–Kier alpha value is -2.23. The van der Waals surface area contributed by atoms with Gasteiger partial charge in [0.1, 0.15) is 10.6 Å². The number of phenolic OH excluding ortho intramolecular Hbond substituents is 1. The van der Waals surface area contributed by atoms with E-state index in [-0.39, 0.29) is 26.9 Å². The van der Waals surface area contributed by atoms with Gasteiger partial charge in [-0.05, 0) is 36.8 Å². The predicted octanol–water partition coefficient (Wildman–Crippen LogP) is 3.03. The van der Waals surface area contributed by atoms with Crippen molar-refractivity contribution in [3.05, 3.63) is 52.5 Å². The zero-order valence-electron chi connectivity index (χ0n) is 11.0. The highest BCUT2D eigenvalue weighted by Crippen LogP contribution is 2.27. The molecule has 2 rings (SSSR count). The molecule has 0 bridgehead atoms. The van der Waals surface area contributed by atoms with E-state index in [4.69, 9.17) is 16.9 Å². The summed E-state index contributed by atoms with van der Waals surface area (Å²) in [4.78, 5) is -0.191. The molecule has 21 heavy (non-hydrogen) atoms. The number of aromatic hydroxyl groups is 1. The highest BCUT2D eigenvalue weighted by molar-refractivity contribution is 7.92. The maximum absolute atomic E-state index is 12.3. The van der Waals surface area contributed by atoms with E-state index in [1.165, 1.54) is 30.3 Å². The minimum atomic E-state index is -3.95. The monoisotopic (exact) mass is 322 g/mol. The number of hydrogen-bond acceptors (Lipinski definition) is 4. The highest BCUT2D eigenvalue weighted by Gasteiger charge is 2.19. The van der Waals surface area contributed by atoms with E-state index in [0.29, 0.717) is 5.56 Å². The molecule has 108 valence electrons. The lowest BCUT2D eigenvalue weighted by Gasteiger charge is -2.10. The summed E-state index contributed by atoms with van der Waals surface area (Å²) in [6.45, 7) is 1.70. The van der Waals surface area contributed by atoms with Crippen LogP contribution in [0, 0.1) is 18.3 Å². The van der Waals surface area contributed by atoms with Gasteiger partial charge in [-0.3, -0.25) is 4.72 Å². The molecule has 0 aliphatic heterocycles. The van der Waals surface area contributed by atoms with Crippen LogP contribution in [-0.2, 0) is 10.0 Å². The lowest BCUT2D eigenvalue weighted by atomic mass is 10.2. The third kappa shape index (κ3) is 3.27. The molecule has 7 heteroatoms. The molecule has 2 N–H and O–H groups in total. The number of phenols is 1. The van der Waals surface area contributed by atoms with E-state index in [1.807, 2.05) is 6.07 Å². The molecule has 0 aromatic heterocycles. The van der Waals surface area contributed by atoms with Gasteiger partial charge in [-0.1, -0.05) is 17.7 Å². The molecule has 0 aliphatic carbocycles. The van der Waals surface area contributed by atoms with Gasteiger partial charge >= 0.3 is 0 Å². The van der Waals surface area contributed by atoms with Gasteiger partial charge in [0, 0.05) is 6.07 Å². The molecule has 0 spiro atoms. The number of nitrogens with one attached hydrogen (secondary N) is 1. The van der Waals surface area contributed by atoms with Gasteiger partial charge in [-0.2, -0.15) is 5.26 Å². The number of nitriles is 1. The van der Waals surface area contributed by atoms with Crippen LogP contribution in [0.15, 0.2) is 41.3 Å². The number of benzene rings is 2. The maximum atomic E-state index is 12.3. The molecule has 0 saturated carbocycles. The average molecular weight is 323 g/mol. The summed E-state index contributed by atoms with van der Waals surface area (Å²) in [5.74, 6) is -0.0212. The van der Waals surface area contributed by atoms with Crippen molar-refractivity contribution < 1.29 is 13.5 Å². The van der Waals surface area contributed by atoms with Crippen molar-refractivity contribution in [3.63, 3.8) is 0 Å². The number of rotatable bonds is 3. The Morgan fingerprint density at radius 3 is 2.57 bits per heavy atom. The van der Waals surface area contributed by atoms with Crippen molar-refractivity contribution in [2.45, 2.75) is 11.8 Å². The van der Waals surface area contributed by atoms with Crippen molar-refractivity contribution in [1.29, 1.82) is 5.26 Å². The van der Waals surface area contributed by atoms with E-state index < -0.39 is 10.0 Å². The van der Waals surface area contributed by atoms with Crippen LogP contribution >= 0.6 is 11.6 Å². The Morgan fingerprint density at radius 1 is 1.24 bits per heavy atom. The second-order valence-electron chi connectivity index (χ2n) is 4.36. The maximum Gasteiger partial charge on any atom is 0.263 e. The minimum Gasteiger partial charge on any atom is -0.508 e. The Bertz CT molecular complexity index is 842. The zero-order chi connectivity index (χ0) is 15.6. The number of nitrogens with zero attached hydrogens (tertiary/aromatic N) is 1. The van der Waals surface area contributed by atoms with Gasteiger partial charge in [-0.15, -0.1) is 0 Å². The number of hydrogen-bond donors (Lipinski definition) is 2. The first kappa shape index (κ1) is 15.2. The zero-order valence-corrected chi connectivity index (χ0v) is 12.5. The first-order valence-corrected chi connectivity index (χ1v) is 7.71. The average Bonchev–Trinajstić information content (AvgIpc) is 2.43. The van der Waals surface area contributed by atoms with Crippen LogP contribution in [0.1, 0.15) is 11.1 Å². The third-order valence-electron chi connectivity index (χ3n) is 2.81. The van der Waals surface area contributed by atoms with Gasteiger partial charge in [0.25, 0.3) is 10.0 Å². The standard InChI is InChI=1S/C14H11ClN2O3S/c1-9-2-4-11(7-13(9)18)17-21(19,20)14-6-10(8-16)3-5-12(14)15/h2-7,17-18H,1H3. The topological polar surface area (TPSA) is 90.2 Å². The lowest BCUT2D eigenvalue weighted by Crippen LogP contribution is -2.13. The highest BCUT2D eigenvalue weighted by atomic mass is 35.5.